The molecule has 0 unspecified atom stereocenters. The molecule has 1 aliphatic heterocycles. The maximum absolute atomic E-state index is 12.7. The molecular weight excluding hydrogens is 416 g/mol. The Labute approximate surface area is 194 Å². The van der Waals surface area contributed by atoms with Gasteiger partial charge in [-0.1, -0.05) is 29.8 Å². The Morgan fingerprint density at radius 1 is 1.00 bits per heavy atom. The van der Waals surface area contributed by atoms with Crippen molar-refractivity contribution < 1.29 is 14.3 Å². The number of hydrogen-bond acceptors (Lipinski definition) is 6. The number of benzene rings is 2. The number of carbonyl (C=O) groups excluding carboxylic acids is 1. The summed E-state index contributed by atoms with van der Waals surface area (Å²) in [7, 11) is 3.23. The topological polar surface area (TPSA) is 76.6 Å². The standard InChI is InChI=1S/C26H30N4O3/c1-18-4-6-19(7-5-18)23-10-11-25(29-28-23)30-14-12-20(13-15-30)26(31)27-17-21-8-9-22(32-2)16-24(21)33-3/h4-11,16,20H,12-15,17H2,1-3H3,(H,27,31). The molecule has 0 spiro atoms. The lowest BCUT2D eigenvalue weighted by Crippen LogP contribution is -2.40. The van der Waals surface area contributed by atoms with Crippen LogP contribution in [-0.2, 0) is 11.3 Å². The Morgan fingerprint density at radius 3 is 2.39 bits per heavy atom. The van der Waals surface area contributed by atoms with Gasteiger partial charge >= 0.3 is 0 Å². The van der Waals surface area contributed by atoms with E-state index in [2.05, 4.69) is 51.6 Å². The largest absolute Gasteiger partial charge is 0.497 e. The predicted molar refractivity (Wildman–Crippen MR) is 129 cm³/mol. The van der Waals surface area contributed by atoms with E-state index in [1.165, 1.54) is 5.56 Å². The monoisotopic (exact) mass is 446 g/mol. The van der Waals surface area contributed by atoms with Crippen molar-refractivity contribution in [1.29, 1.82) is 0 Å². The van der Waals surface area contributed by atoms with E-state index >= 15 is 0 Å². The van der Waals surface area contributed by atoms with Crippen molar-refractivity contribution in [2.45, 2.75) is 26.3 Å². The van der Waals surface area contributed by atoms with Gasteiger partial charge in [-0.15, -0.1) is 10.2 Å². The molecule has 1 amide bonds. The molecule has 2 heterocycles. The summed E-state index contributed by atoms with van der Waals surface area (Å²) in [6.07, 6.45) is 1.57. The molecule has 33 heavy (non-hydrogen) atoms. The van der Waals surface area contributed by atoms with Gasteiger partial charge in [-0.05, 0) is 44.0 Å². The van der Waals surface area contributed by atoms with Crippen molar-refractivity contribution in [3.8, 4) is 22.8 Å². The van der Waals surface area contributed by atoms with E-state index in [4.69, 9.17) is 9.47 Å². The summed E-state index contributed by atoms with van der Waals surface area (Å²) < 4.78 is 10.7. The summed E-state index contributed by atoms with van der Waals surface area (Å²) in [4.78, 5) is 14.9. The van der Waals surface area contributed by atoms with Crippen LogP contribution in [0.15, 0.2) is 54.6 Å². The average molecular weight is 447 g/mol. The third kappa shape index (κ3) is 5.42. The van der Waals surface area contributed by atoms with Crippen molar-refractivity contribution >= 4 is 11.7 Å². The normalized spacial score (nSPS) is 14.1. The fraction of sp³-hybridized carbons (Fsp3) is 0.346. The minimum absolute atomic E-state index is 0.00900. The van der Waals surface area contributed by atoms with Crippen molar-refractivity contribution in [2.24, 2.45) is 5.92 Å². The van der Waals surface area contributed by atoms with E-state index < -0.39 is 0 Å². The SMILES string of the molecule is COc1ccc(CNC(=O)C2CCN(c3ccc(-c4ccc(C)cc4)nn3)CC2)c(OC)c1. The third-order valence-corrected chi connectivity index (χ3v) is 6.13. The molecule has 0 radical (unpaired) electrons. The van der Waals surface area contributed by atoms with Gasteiger partial charge in [-0.3, -0.25) is 4.79 Å². The third-order valence-electron chi connectivity index (χ3n) is 6.13. The number of aryl methyl sites for hydroxylation is 1. The highest BCUT2D eigenvalue weighted by Gasteiger charge is 2.26. The molecule has 1 N–H and O–H groups in total. The smallest absolute Gasteiger partial charge is 0.223 e. The minimum atomic E-state index is -0.00900. The van der Waals surface area contributed by atoms with E-state index in [9.17, 15) is 4.79 Å². The molecule has 2 aromatic carbocycles. The first-order chi connectivity index (χ1) is 16.1. The summed E-state index contributed by atoms with van der Waals surface area (Å²) in [5, 5.41) is 11.9. The Bertz CT molecular complexity index is 1080. The molecule has 172 valence electrons. The summed E-state index contributed by atoms with van der Waals surface area (Å²) in [6, 6.07) is 17.9. The van der Waals surface area contributed by atoms with Gasteiger partial charge in [0.2, 0.25) is 5.91 Å². The number of hydrogen-bond donors (Lipinski definition) is 1. The highest BCUT2D eigenvalue weighted by molar-refractivity contribution is 5.79. The fourth-order valence-electron chi connectivity index (χ4n) is 4.07. The van der Waals surface area contributed by atoms with Crippen molar-refractivity contribution in [3.05, 3.63) is 65.7 Å². The van der Waals surface area contributed by atoms with Crippen LogP contribution in [0.25, 0.3) is 11.3 Å². The molecule has 7 heteroatoms. The fourth-order valence-corrected chi connectivity index (χ4v) is 4.07. The predicted octanol–water partition coefficient (Wildman–Crippen LogP) is 4.00. The van der Waals surface area contributed by atoms with Gasteiger partial charge in [0.05, 0.1) is 19.9 Å². The summed E-state index contributed by atoms with van der Waals surface area (Å²) in [5.41, 5.74) is 4.07. The van der Waals surface area contributed by atoms with E-state index in [-0.39, 0.29) is 11.8 Å². The molecule has 0 bridgehead atoms. The average Bonchev–Trinajstić information content (AvgIpc) is 2.88. The van der Waals surface area contributed by atoms with Gasteiger partial charge in [0.1, 0.15) is 11.5 Å². The number of carbonyl (C=O) groups is 1. The second kappa shape index (κ2) is 10.3. The van der Waals surface area contributed by atoms with Crippen molar-refractivity contribution in [3.63, 3.8) is 0 Å². The van der Waals surface area contributed by atoms with Gasteiger partial charge in [-0.2, -0.15) is 0 Å². The molecule has 1 aliphatic rings. The molecular formula is C26H30N4O3. The number of rotatable bonds is 7. The maximum atomic E-state index is 12.7. The first-order valence-corrected chi connectivity index (χ1v) is 11.2. The summed E-state index contributed by atoms with van der Waals surface area (Å²) in [6.45, 7) is 4.06. The van der Waals surface area contributed by atoms with Crippen LogP contribution in [0.1, 0.15) is 24.0 Å². The van der Waals surface area contributed by atoms with Gasteiger partial charge in [0.15, 0.2) is 5.82 Å². The molecule has 0 aliphatic carbocycles. The second-order valence-electron chi connectivity index (χ2n) is 8.30. The van der Waals surface area contributed by atoms with Crippen LogP contribution in [0, 0.1) is 12.8 Å². The lowest BCUT2D eigenvalue weighted by Gasteiger charge is -2.31. The Morgan fingerprint density at radius 2 is 1.76 bits per heavy atom. The van der Waals surface area contributed by atoms with Crippen molar-refractivity contribution in [1.82, 2.24) is 15.5 Å². The van der Waals surface area contributed by atoms with E-state index in [0.29, 0.717) is 12.3 Å². The van der Waals surface area contributed by atoms with Crippen LogP contribution in [0.3, 0.4) is 0 Å². The lowest BCUT2D eigenvalue weighted by atomic mass is 9.95. The molecule has 0 atom stereocenters. The highest BCUT2D eigenvalue weighted by Crippen LogP contribution is 2.26. The van der Waals surface area contributed by atoms with Crippen LogP contribution in [0.2, 0.25) is 0 Å². The molecule has 1 saturated heterocycles. The first kappa shape index (κ1) is 22.6. The molecule has 0 saturated carbocycles. The quantitative estimate of drug-likeness (QED) is 0.591. The summed E-state index contributed by atoms with van der Waals surface area (Å²) in [5.74, 6) is 2.35. The number of anilines is 1. The number of nitrogens with zero attached hydrogens (tertiary/aromatic N) is 3. The molecule has 7 nitrogen and oxygen atoms in total. The number of nitrogens with one attached hydrogen (secondary N) is 1. The molecule has 4 rings (SSSR count). The van der Waals surface area contributed by atoms with Crippen LogP contribution < -0.4 is 19.7 Å². The van der Waals surface area contributed by atoms with Crippen LogP contribution in [0.5, 0.6) is 11.5 Å². The summed E-state index contributed by atoms with van der Waals surface area (Å²) >= 11 is 0. The number of aromatic nitrogens is 2. The number of amides is 1. The van der Waals surface area contributed by atoms with Crippen LogP contribution >= 0.6 is 0 Å². The number of piperidine rings is 1. The highest BCUT2D eigenvalue weighted by atomic mass is 16.5. The Kier molecular flexibility index (Phi) is 7.07. The molecule has 3 aromatic rings. The molecule has 1 aromatic heterocycles. The maximum Gasteiger partial charge on any atom is 0.223 e. The van der Waals surface area contributed by atoms with E-state index in [1.54, 1.807) is 14.2 Å². The van der Waals surface area contributed by atoms with E-state index in [0.717, 1.165) is 54.3 Å². The lowest BCUT2D eigenvalue weighted by molar-refractivity contribution is -0.125. The van der Waals surface area contributed by atoms with Crippen LogP contribution in [-0.4, -0.2) is 43.4 Å². The zero-order chi connectivity index (χ0) is 23.2. The number of ether oxygens (including phenoxy) is 2. The minimum Gasteiger partial charge on any atom is -0.497 e. The van der Waals surface area contributed by atoms with Gasteiger partial charge in [-0.25, -0.2) is 0 Å². The zero-order valence-corrected chi connectivity index (χ0v) is 19.4. The van der Waals surface area contributed by atoms with Gasteiger partial charge in [0, 0.05) is 42.7 Å². The zero-order valence-electron chi connectivity index (χ0n) is 19.4. The Balaban J connectivity index is 1.29. The van der Waals surface area contributed by atoms with Gasteiger partial charge < -0.3 is 19.7 Å². The molecule has 1 fully saturated rings. The first-order valence-electron chi connectivity index (χ1n) is 11.2. The Hall–Kier alpha value is -3.61. The second-order valence-corrected chi connectivity index (χ2v) is 8.30. The van der Waals surface area contributed by atoms with E-state index in [1.807, 2.05) is 30.3 Å². The van der Waals surface area contributed by atoms with Crippen molar-refractivity contribution in [2.75, 3.05) is 32.2 Å². The number of methoxy groups -OCH3 is 2. The van der Waals surface area contributed by atoms with Gasteiger partial charge in [0.25, 0.3) is 0 Å². The van der Waals surface area contributed by atoms with Crippen LogP contribution in [0.4, 0.5) is 5.82 Å².